The standard InChI is InChI=1S/C17H25BN2/c1-3-9-18(2)16-7-5-14(6-8-16)15-12-17(13-15)20-11-4-10-19/h5-8,15,17,20H,3-4,9,11-13H2,1-2H3. The predicted molar refractivity (Wildman–Crippen MR) is 86.8 cm³/mol. The average molecular weight is 268 g/mol. The quantitative estimate of drug-likeness (QED) is 0.609. The van der Waals surface area contributed by atoms with E-state index in [0.29, 0.717) is 25.1 Å². The highest BCUT2D eigenvalue weighted by atomic mass is 14.9. The van der Waals surface area contributed by atoms with Gasteiger partial charge in [-0.3, -0.25) is 0 Å². The van der Waals surface area contributed by atoms with Crippen LogP contribution in [-0.4, -0.2) is 19.3 Å². The van der Waals surface area contributed by atoms with Crippen LogP contribution in [0, 0.1) is 11.3 Å². The SMILES string of the molecule is CCCB(C)c1ccc(C2CC(NCCC#N)C2)cc1. The lowest BCUT2D eigenvalue weighted by molar-refractivity contribution is 0.293. The molecule has 2 nitrogen and oxygen atoms in total. The van der Waals surface area contributed by atoms with Gasteiger partial charge in [0.1, 0.15) is 0 Å². The lowest BCUT2D eigenvalue weighted by atomic mass is 9.44. The van der Waals surface area contributed by atoms with Gasteiger partial charge in [0.25, 0.3) is 0 Å². The van der Waals surface area contributed by atoms with Crippen molar-refractivity contribution in [3.8, 4) is 6.07 Å². The topological polar surface area (TPSA) is 35.8 Å². The number of benzene rings is 1. The Balaban J connectivity index is 1.79. The fourth-order valence-corrected chi connectivity index (χ4v) is 3.09. The molecule has 0 radical (unpaired) electrons. The van der Waals surface area contributed by atoms with Crippen LogP contribution in [0.2, 0.25) is 13.1 Å². The summed E-state index contributed by atoms with van der Waals surface area (Å²) in [7, 11) is 0. The lowest BCUT2D eigenvalue weighted by Crippen LogP contribution is -2.40. The number of nitrogens with zero attached hydrogens (tertiary/aromatic N) is 1. The molecule has 0 aliphatic heterocycles. The molecule has 1 saturated carbocycles. The van der Waals surface area contributed by atoms with Gasteiger partial charge >= 0.3 is 0 Å². The Morgan fingerprint density at radius 1 is 1.30 bits per heavy atom. The van der Waals surface area contributed by atoms with E-state index in [1.807, 2.05) is 0 Å². The highest BCUT2D eigenvalue weighted by molar-refractivity contribution is 6.71. The third-order valence-corrected chi connectivity index (χ3v) is 4.51. The summed E-state index contributed by atoms with van der Waals surface area (Å²) in [4.78, 5) is 0. The molecular formula is C17H25BN2. The van der Waals surface area contributed by atoms with Crippen LogP contribution in [0.4, 0.5) is 0 Å². The molecule has 1 aliphatic carbocycles. The van der Waals surface area contributed by atoms with E-state index in [2.05, 4.69) is 49.4 Å². The van der Waals surface area contributed by atoms with Crippen LogP contribution in [0.15, 0.2) is 24.3 Å². The van der Waals surface area contributed by atoms with E-state index in [1.165, 1.54) is 36.6 Å². The number of nitriles is 1. The highest BCUT2D eigenvalue weighted by Crippen LogP contribution is 2.36. The van der Waals surface area contributed by atoms with Gasteiger partial charge in [-0.2, -0.15) is 5.26 Å². The molecule has 0 atom stereocenters. The maximum absolute atomic E-state index is 8.52. The fraction of sp³-hybridized carbons (Fsp3) is 0.588. The van der Waals surface area contributed by atoms with Crippen LogP contribution < -0.4 is 10.8 Å². The summed E-state index contributed by atoms with van der Waals surface area (Å²) >= 11 is 0. The molecule has 0 unspecified atom stereocenters. The molecule has 106 valence electrons. The van der Waals surface area contributed by atoms with Crippen molar-refractivity contribution >= 4 is 12.2 Å². The second-order valence-corrected chi connectivity index (χ2v) is 6.08. The third kappa shape index (κ3) is 3.87. The van der Waals surface area contributed by atoms with Gasteiger partial charge in [0.2, 0.25) is 0 Å². The van der Waals surface area contributed by atoms with Gasteiger partial charge in [0.05, 0.1) is 6.07 Å². The Kier molecular flexibility index (Phi) is 5.67. The largest absolute Gasteiger partial charge is 0.313 e. The monoisotopic (exact) mass is 268 g/mol. The summed E-state index contributed by atoms with van der Waals surface area (Å²) in [6, 6.07) is 12.1. The van der Waals surface area contributed by atoms with E-state index < -0.39 is 0 Å². The van der Waals surface area contributed by atoms with Gasteiger partial charge < -0.3 is 5.32 Å². The number of hydrogen-bond donors (Lipinski definition) is 1. The summed E-state index contributed by atoms with van der Waals surface area (Å²) in [6.45, 7) is 6.08. The third-order valence-electron chi connectivity index (χ3n) is 4.51. The zero-order chi connectivity index (χ0) is 14.4. The maximum atomic E-state index is 8.52. The first kappa shape index (κ1) is 15.1. The fourth-order valence-electron chi connectivity index (χ4n) is 3.09. The minimum Gasteiger partial charge on any atom is -0.313 e. The summed E-state index contributed by atoms with van der Waals surface area (Å²) in [5.41, 5.74) is 2.95. The first-order valence-corrected chi connectivity index (χ1v) is 7.94. The Morgan fingerprint density at radius 3 is 2.60 bits per heavy atom. The van der Waals surface area contributed by atoms with Crippen molar-refractivity contribution in [3.63, 3.8) is 0 Å². The van der Waals surface area contributed by atoms with Gasteiger partial charge in [-0.1, -0.05) is 56.2 Å². The molecule has 0 bridgehead atoms. The molecule has 0 saturated heterocycles. The average Bonchev–Trinajstić information content (AvgIpc) is 2.42. The van der Waals surface area contributed by atoms with Crippen LogP contribution in [0.5, 0.6) is 0 Å². The zero-order valence-corrected chi connectivity index (χ0v) is 12.7. The lowest BCUT2D eigenvalue weighted by Gasteiger charge is -2.36. The van der Waals surface area contributed by atoms with Gasteiger partial charge in [-0.25, -0.2) is 0 Å². The molecule has 0 spiro atoms. The summed E-state index contributed by atoms with van der Waals surface area (Å²) in [5.74, 6) is 0.713. The van der Waals surface area contributed by atoms with Crippen molar-refractivity contribution in [2.45, 2.75) is 57.7 Å². The minimum atomic E-state index is 0.616. The van der Waals surface area contributed by atoms with Crippen LogP contribution in [-0.2, 0) is 0 Å². The minimum absolute atomic E-state index is 0.616. The van der Waals surface area contributed by atoms with Crippen molar-refractivity contribution in [3.05, 3.63) is 29.8 Å². The van der Waals surface area contributed by atoms with E-state index in [-0.39, 0.29) is 0 Å². The first-order chi connectivity index (χ1) is 9.74. The van der Waals surface area contributed by atoms with Gasteiger partial charge in [-0.15, -0.1) is 0 Å². The molecule has 2 rings (SSSR count). The van der Waals surface area contributed by atoms with Crippen molar-refractivity contribution < 1.29 is 0 Å². The Labute approximate surface area is 123 Å². The van der Waals surface area contributed by atoms with Gasteiger partial charge in [0.15, 0.2) is 6.71 Å². The second kappa shape index (κ2) is 7.50. The van der Waals surface area contributed by atoms with Crippen molar-refractivity contribution in [2.24, 2.45) is 0 Å². The molecule has 0 amide bonds. The summed E-state index contributed by atoms with van der Waals surface area (Å²) in [6.07, 6.45) is 5.57. The Bertz CT molecular complexity index is 443. The smallest absolute Gasteiger partial charge is 0.172 e. The molecule has 1 aliphatic rings. The molecular weight excluding hydrogens is 243 g/mol. The molecule has 0 aromatic heterocycles. The molecule has 1 aromatic rings. The van der Waals surface area contributed by atoms with Crippen molar-refractivity contribution in [1.82, 2.24) is 5.32 Å². The zero-order valence-electron chi connectivity index (χ0n) is 12.7. The van der Waals surface area contributed by atoms with Gasteiger partial charge in [0, 0.05) is 19.0 Å². The summed E-state index contributed by atoms with van der Waals surface area (Å²) < 4.78 is 0. The predicted octanol–water partition coefficient (Wildman–Crippen LogP) is 3.18. The van der Waals surface area contributed by atoms with E-state index in [4.69, 9.17) is 5.26 Å². The van der Waals surface area contributed by atoms with E-state index in [9.17, 15) is 0 Å². The van der Waals surface area contributed by atoms with Crippen molar-refractivity contribution in [1.29, 1.82) is 5.26 Å². The number of nitrogens with one attached hydrogen (secondary N) is 1. The first-order valence-electron chi connectivity index (χ1n) is 7.94. The van der Waals surface area contributed by atoms with Crippen LogP contribution in [0.25, 0.3) is 0 Å². The number of hydrogen-bond acceptors (Lipinski definition) is 2. The van der Waals surface area contributed by atoms with Gasteiger partial charge in [-0.05, 0) is 24.3 Å². The van der Waals surface area contributed by atoms with Crippen LogP contribution in [0.1, 0.15) is 44.1 Å². The molecule has 0 heterocycles. The molecule has 1 fully saturated rings. The van der Waals surface area contributed by atoms with Crippen LogP contribution >= 0.6 is 0 Å². The highest BCUT2D eigenvalue weighted by Gasteiger charge is 2.29. The molecule has 1 N–H and O–H groups in total. The molecule has 1 aromatic carbocycles. The molecule has 20 heavy (non-hydrogen) atoms. The van der Waals surface area contributed by atoms with Crippen LogP contribution in [0.3, 0.4) is 0 Å². The summed E-state index contributed by atoms with van der Waals surface area (Å²) in [5, 5.41) is 12.0. The maximum Gasteiger partial charge on any atom is 0.172 e. The second-order valence-electron chi connectivity index (χ2n) is 6.08. The van der Waals surface area contributed by atoms with Crippen molar-refractivity contribution in [2.75, 3.05) is 6.54 Å². The Hall–Kier alpha value is -1.27. The van der Waals surface area contributed by atoms with E-state index in [1.54, 1.807) is 0 Å². The normalized spacial score (nSPS) is 21.1. The van der Waals surface area contributed by atoms with E-state index >= 15 is 0 Å². The Morgan fingerprint density at radius 2 is 2.00 bits per heavy atom. The number of rotatable bonds is 7. The molecule has 3 heteroatoms. The van der Waals surface area contributed by atoms with E-state index in [0.717, 1.165) is 6.54 Å².